The normalized spacial score (nSPS) is 16.4. The summed E-state index contributed by atoms with van der Waals surface area (Å²) in [4.78, 5) is 34.7. The molecule has 0 N–H and O–H groups in total. The molecule has 1 fully saturated rings. The van der Waals surface area contributed by atoms with Crippen LogP contribution < -0.4 is 10.4 Å². The molecule has 4 rings (SSSR count). The number of carbonyl (C=O) groups excluding carboxylic acids is 1. The first-order valence-corrected chi connectivity index (χ1v) is 10.0. The maximum absolute atomic E-state index is 12.9. The lowest BCUT2D eigenvalue weighted by Crippen LogP contribution is -2.42. The van der Waals surface area contributed by atoms with Gasteiger partial charge in [-0.3, -0.25) is 9.36 Å². The van der Waals surface area contributed by atoms with Crippen molar-refractivity contribution in [1.29, 1.82) is 0 Å². The first kappa shape index (κ1) is 19.9. The number of carbonyl (C=O) groups is 1. The molecule has 0 bridgehead atoms. The second-order valence-electron chi connectivity index (χ2n) is 7.32. The molecule has 0 spiro atoms. The van der Waals surface area contributed by atoms with E-state index < -0.39 is 5.69 Å². The van der Waals surface area contributed by atoms with Crippen LogP contribution in [0.15, 0.2) is 58.1 Å². The van der Waals surface area contributed by atoms with Crippen molar-refractivity contribution < 1.29 is 13.9 Å². The van der Waals surface area contributed by atoms with E-state index in [1.165, 1.54) is 10.8 Å². The van der Waals surface area contributed by atoms with Crippen LogP contribution in [-0.2, 0) is 17.8 Å². The molecule has 1 aliphatic rings. The average molecular weight is 408 g/mol. The fraction of sp³-hybridized carbons (Fsp3) is 0.364. The molecule has 8 heteroatoms. The van der Waals surface area contributed by atoms with Crippen molar-refractivity contribution in [3.8, 4) is 5.75 Å². The molecule has 156 valence electrons. The van der Waals surface area contributed by atoms with E-state index in [-0.39, 0.29) is 18.5 Å². The fourth-order valence-corrected chi connectivity index (χ4v) is 3.77. The van der Waals surface area contributed by atoms with Crippen LogP contribution >= 0.6 is 0 Å². The highest BCUT2D eigenvalue weighted by atomic mass is 16.5. The van der Waals surface area contributed by atoms with Crippen LogP contribution in [0.25, 0.3) is 0 Å². The predicted molar refractivity (Wildman–Crippen MR) is 109 cm³/mol. The highest BCUT2D eigenvalue weighted by Crippen LogP contribution is 2.31. The topological polar surface area (TPSA) is 90.5 Å². The smallest absolute Gasteiger partial charge is 0.347 e. The number of benzene rings is 1. The minimum atomic E-state index is -0.434. The standard InChI is InChI=1S/C22H24N4O4/c1-29-17-7-4-6-16(12-17)13-18-14-24-21(30-18)19-8-2-3-11-26(19)20(27)15-25-10-5-9-23-22(25)28/h4-7,9-10,12,14,19H,2-3,8,11,13,15H2,1H3/t19-/m0/s1. The average Bonchev–Trinajstić information content (AvgIpc) is 3.23. The van der Waals surface area contributed by atoms with Gasteiger partial charge in [0.15, 0.2) is 0 Å². The summed E-state index contributed by atoms with van der Waals surface area (Å²) in [5.41, 5.74) is 0.626. The molecule has 1 atom stereocenters. The van der Waals surface area contributed by atoms with Crippen molar-refractivity contribution in [1.82, 2.24) is 19.4 Å². The SMILES string of the molecule is COc1cccc(Cc2cnc([C@@H]3CCCCN3C(=O)Cn3cccnc3=O)o2)c1. The molecule has 1 saturated heterocycles. The van der Waals surface area contributed by atoms with Gasteiger partial charge < -0.3 is 14.1 Å². The first-order chi connectivity index (χ1) is 14.6. The third kappa shape index (κ3) is 4.42. The minimum absolute atomic E-state index is 0.0411. The number of ether oxygens (including phenoxy) is 1. The maximum atomic E-state index is 12.9. The summed E-state index contributed by atoms with van der Waals surface area (Å²) in [5, 5.41) is 0. The van der Waals surface area contributed by atoms with Gasteiger partial charge in [-0.15, -0.1) is 0 Å². The molecule has 2 aromatic heterocycles. The summed E-state index contributed by atoms with van der Waals surface area (Å²) in [6.45, 7) is 0.576. The van der Waals surface area contributed by atoms with E-state index in [0.29, 0.717) is 18.9 Å². The number of aromatic nitrogens is 3. The lowest BCUT2D eigenvalue weighted by atomic mass is 10.0. The largest absolute Gasteiger partial charge is 0.497 e. The van der Waals surface area contributed by atoms with Crippen molar-refractivity contribution in [2.24, 2.45) is 0 Å². The van der Waals surface area contributed by atoms with E-state index in [9.17, 15) is 9.59 Å². The van der Waals surface area contributed by atoms with Gasteiger partial charge in [-0.1, -0.05) is 12.1 Å². The molecule has 3 heterocycles. The van der Waals surface area contributed by atoms with Crippen LogP contribution in [0, 0.1) is 0 Å². The van der Waals surface area contributed by atoms with Crippen molar-refractivity contribution in [3.05, 3.63) is 76.6 Å². The van der Waals surface area contributed by atoms with Crippen LogP contribution in [0.3, 0.4) is 0 Å². The Morgan fingerprint density at radius 1 is 1.27 bits per heavy atom. The summed E-state index contributed by atoms with van der Waals surface area (Å²) in [5.74, 6) is 1.93. The summed E-state index contributed by atoms with van der Waals surface area (Å²) in [6, 6.07) is 9.22. The van der Waals surface area contributed by atoms with Gasteiger partial charge in [0.1, 0.15) is 24.1 Å². The molecular weight excluding hydrogens is 384 g/mol. The van der Waals surface area contributed by atoms with Gasteiger partial charge in [0.2, 0.25) is 11.8 Å². The third-order valence-electron chi connectivity index (χ3n) is 5.28. The number of nitrogens with zero attached hydrogens (tertiary/aromatic N) is 4. The number of likely N-dealkylation sites (tertiary alicyclic amines) is 1. The summed E-state index contributed by atoms with van der Waals surface area (Å²) in [7, 11) is 1.64. The van der Waals surface area contributed by atoms with Gasteiger partial charge in [0.05, 0.1) is 13.3 Å². The molecule has 30 heavy (non-hydrogen) atoms. The Bertz CT molecular complexity index is 1070. The van der Waals surface area contributed by atoms with E-state index >= 15 is 0 Å². The van der Waals surface area contributed by atoms with Gasteiger partial charge in [0, 0.05) is 25.4 Å². The van der Waals surface area contributed by atoms with Crippen LogP contribution in [-0.4, -0.2) is 39.0 Å². The number of hydrogen-bond acceptors (Lipinski definition) is 6. The molecule has 3 aromatic rings. The van der Waals surface area contributed by atoms with E-state index in [2.05, 4.69) is 9.97 Å². The van der Waals surface area contributed by atoms with Crippen LogP contribution in [0.5, 0.6) is 5.75 Å². The Morgan fingerprint density at radius 2 is 2.17 bits per heavy atom. The molecule has 0 aliphatic carbocycles. The van der Waals surface area contributed by atoms with E-state index in [1.54, 1.807) is 30.5 Å². The van der Waals surface area contributed by atoms with E-state index in [4.69, 9.17) is 9.15 Å². The molecule has 1 aliphatic heterocycles. The van der Waals surface area contributed by atoms with E-state index in [0.717, 1.165) is 36.3 Å². The Labute approximate surface area is 174 Å². The highest BCUT2D eigenvalue weighted by Gasteiger charge is 2.31. The Kier molecular flexibility index (Phi) is 5.92. The predicted octanol–water partition coefficient (Wildman–Crippen LogP) is 2.58. The Morgan fingerprint density at radius 3 is 3.00 bits per heavy atom. The number of oxazole rings is 1. The molecule has 0 radical (unpaired) electrons. The highest BCUT2D eigenvalue weighted by molar-refractivity contribution is 5.76. The maximum Gasteiger partial charge on any atom is 0.347 e. The fourth-order valence-electron chi connectivity index (χ4n) is 3.77. The van der Waals surface area contributed by atoms with Gasteiger partial charge in [0.25, 0.3) is 0 Å². The van der Waals surface area contributed by atoms with Crippen molar-refractivity contribution in [3.63, 3.8) is 0 Å². The molecular formula is C22H24N4O4. The molecule has 1 amide bonds. The zero-order valence-corrected chi connectivity index (χ0v) is 16.9. The summed E-state index contributed by atoms with van der Waals surface area (Å²) < 4.78 is 12.6. The third-order valence-corrected chi connectivity index (χ3v) is 5.28. The monoisotopic (exact) mass is 408 g/mol. The number of rotatable bonds is 6. The second kappa shape index (κ2) is 8.94. The van der Waals surface area contributed by atoms with Crippen molar-refractivity contribution >= 4 is 5.91 Å². The Hall–Kier alpha value is -3.42. The molecule has 1 aromatic carbocycles. The van der Waals surface area contributed by atoms with Crippen LogP contribution in [0.4, 0.5) is 0 Å². The number of hydrogen-bond donors (Lipinski definition) is 0. The lowest BCUT2D eigenvalue weighted by Gasteiger charge is -2.33. The number of piperidine rings is 1. The number of methoxy groups -OCH3 is 1. The minimum Gasteiger partial charge on any atom is -0.497 e. The Balaban J connectivity index is 1.49. The van der Waals surface area contributed by atoms with Gasteiger partial charge in [-0.05, 0) is 43.0 Å². The summed E-state index contributed by atoms with van der Waals surface area (Å²) >= 11 is 0. The molecule has 8 nitrogen and oxygen atoms in total. The first-order valence-electron chi connectivity index (χ1n) is 10.0. The molecule has 0 unspecified atom stereocenters. The summed E-state index contributed by atoms with van der Waals surface area (Å²) in [6.07, 6.45) is 8.00. The van der Waals surface area contributed by atoms with Crippen molar-refractivity contribution in [2.45, 2.75) is 38.3 Å². The van der Waals surface area contributed by atoms with Crippen LogP contribution in [0.2, 0.25) is 0 Å². The quantitative estimate of drug-likeness (QED) is 0.623. The molecule has 0 saturated carbocycles. The number of amides is 1. The zero-order valence-electron chi connectivity index (χ0n) is 16.9. The lowest BCUT2D eigenvalue weighted by molar-refractivity contribution is -0.136. The van der Waals surface area contributed by atoms with Gasteiger partial charge >= 0.3 is 5.69 Å². The van der Waals surface area contributed by atoms with Gasteiger partial charge in [-0.2, -0.15) is 0 Å². The zero-order chi connectivity index (χ0) is 20.9. The van der Waals surface area contributed by atoms with Gasteiger partial charge in [-0.25, -0.2) is 14.8 Å². The van der Waals surface area contributed by atoms with Crippen LogP contribution in [0.1, 0.15) is 42.5 Å². The van der Waals surface area contributed by atoms with E-state index in [1.807, 2.05) is 24.3 Å². The van der Waals surface area contributed by atoms with Crippen molar-refractivity contribution in [2.75, 3.05) is 13.7 Å². The second-order valence-corrected chi connectivity index (χ2v) is 7.32.